The molecule has 0 atom stereocenters. The van der Waals surface area contributed by atoms with Crippen LogP contribution in [0.15, 0.2) is 18.2 Å². The largest absolute Gasteiger partial charge is 0.493 e. The lowest BCUT2D eigenvalue weighted by Gasteiger charge is -2.10. The second-order valence-corrected chi connectivity index (χ2v) is 4.45. The first-order valence-electron chi connectivity index (χ1n) is 6.90. The molecular formula is C15H22N2O5. The van der Waals surface area contributed by atoms with Crippen molar-refractivity contribution in [2.75, 3.05) is 34.4 Å². The summed E-state index contributed by atoms with van der Waals surface area (Å²) in [7, 11) is 4.47. The number of esters is 1. The number of amides is 2. The Morgan fingerprint density at radius 1 is 1.00 bits per heavy atom. The molecule has 2 N–H and O–H groups in total. The first-order chi connectivity index (χ1) is 10.6. The van der Waals surface area contributed by atoms with Gasteiger partial charge in [0.05, 0.1) is 27.8 Å². The SMILES string of the molecule is COC(=O)CCNC(=O)NCCc1ccc(OC)c(OC)c1. The van der Waals surface area contributed by atoms with Crippen LogP contribution in [-0.2, 0) is 16.0 Å². The average molecular weight is 310 g/mol. The number of hydrogen-bond donors (Lipinski definition) is 2. The van der Waals surface area contributed by atoms with Crippen LogP contribution in [0.1, 0.15) is 12.0 Å². The van der Waals surface area contributed by atoms with E-state index in [0.717, 1.165) is 5.56 Å². The van der Waals surface area contributed by atoms with Gasteiger partial charge in [-0.2, -0.15) is 0 Å². The molecule has 0 bridgehead atoms. The van der Waals surface area contributed by atoms with E-state index in [1.165, 1.54) is 7.11 Å². The summed E-state index contributed by atoms with van der Waals surface area (Å²) in [6.07, 6.45) is 0.810. The third-order valence-electron chi connectivity index (χ3n) is 2.99. The van der Waals surface area contributed by atoms with Gasteiger partial charge in [0.1, 0.15) is 0 Å². The molecule has 0 aromatic heterocycles. The number of nitrogens with one attached hydrogen (secondary N) is 2. The van der Waals surface area contributed by atoms with Gasteiger partial charge in [-0.25, -0.2) is 4.79 Å². The van der Waals surface area contributed by atoms with Crippen molar-refractivity contribution in [2.24, 2.45) is 0 Å². The predicted molar refractivity (Wildman–Crippen MR) is 81.3 cm³/mol. The number of methoxy groups -OCH3 is 3. The van der Waals surface area contributed by atoms with Gasteiger partial charge in [-0.05, 0) is 24.1 Å². The number of urea groups is 1. The van der Waals surface area contributed by atoms with Crippen LogP contribution in [-0.4, -0.2) is 46.4 Å². The van der Waals surface area contributed by atoms with Crippen molar-refractivity contribution in [3.63, 3.8) is 0 Å². The van der Waals surface area contributed by atoms with Crippen molar-refractivity contribution in [1.29, 1.82) is 0 Å². The van der Waals surface area contributed by atoms with Crippen LogP contribution in [0.4, 0.5) is 4.79 Å². The van der Waals surface area contributed by atoms with Gasteiger partial charge in [0.15, 0.2) is 11.5 Å². The molecule has 22 heavy (non-hydrogen) atoms. The summed E-state index contributed by atoms with van der Waals surface area (Å²) < 4.78 is 14.9. The average Bonchev–Trinajstić information content (AvgIpc) is 2.54. The van der Waals surface area contributed by atoms with Crippen LogP contribution >= 0.6 is 0 Å². The molecule has 7 nitrogen and oxygen atoms in total. The number of carbonyl (C=O) groups excluding carboxylic acids is 2. The van der Waals surface area contributed by atoms with Crippen LogP contribution < -0.4 is 20.1 Å². The molecule has 1 aromatic carbocycles. The van der Waals surface area contributed by atoms with Gasteiger partial charge in [-0.1, -0.05) is 6.07 Å². The summed E-state index contributed by atoms with van der Waals surface area (Å²) in [6.45, 7) is 0.717. The van der Waals surface area contributed by atoms with Gasteiger partial charge in [0, 0.05) is 13.1 Å². The van der Waals surface area contributed by atoms with Crippen LogP contribution in [0.25, 0.3) is 0 Å². The Balaban J connectivity index is 2.32. The van der Waals surface area contributed by atoms with Gasteiger partial charge in [0.25, 0.3) is 0 Å². The Hall–Kier alpha value is -2.44. The van der Waals surface area contributed by atoms with E-state index in [2.05, 4.69) is 15.4 Å². The van der Waals surface area contributed by atoms with Crippen molar-refractivity contribution in [2.45, 2.75) is 12.8 Å². The Morgan fingerprint density at radius 3 is 2.32 bits per heavy atom. The molecule has 0 spiro atoms. The highest BCUT2D eigenvalue weighted by Crippen LogP contribution is 2.27. The van der Waals surface area contributed by atoms with Gasteiger partial charge < -0.3 is 24.8 Å². The minimum absolute atomic E-state index is 0.152. The minimum Gasteiger partial charge on any atom is -0.493 e. The Labute approximate surface area is 129 Å². The summed E-state index contributed by atoms with van der Waals surface area (Å²) in [5.41, 5.74) is 1.02. The van der Waals surface area contributed by atoms with Crippen molar-refractivity contribution < 1.29 is 23.8 Å². The first-order valence-corrected chi connectivity index (χ1v) is 6.90. The zero-order valence-electron chi connectivity index (χ0n) is 13.1. The lowest BCUT2D eigenvalue weighted by molar-refractivity contribution is -0.140. The van der Waals surface area contributed by atoms with Crippen LogP contribution in [0.3, 0.4) is 0 Å². The zero-order valence-corrected chi connectivity index (χ0v) is 13.1. The smallest absolute Gasteiger partial charge is 0.314 e. The third kappa shape index (κ3) is 5.90. The molecule has 2 amide bonds. The fraction of sp³-hybridized carbons (Fsp3) is 0.467. The number of benzene rings is 1. The van der Waals surface area contributed by atoms with E-state index in [9.17, 15) is 9.59 Å². The van der Waals surface area contributed by atoms with Gasteiger partial charge in [-0.3, -0.25) is 4.79 Å². The minimum atomic E-state index is -0.356. The van der Waals surface area contributed by atoms with Crippen molar-refractivity contribution in [3.05, 3.63) is 23.8 Å². The van der Waals surface area contributed by atoms with E-state index in [-0.39, 0.29) is 25.0 Å². The molecule has 0 aliphatic rings. The monoisotopic (exact) mass is 310 g/mol. The van der Waals surface area contributed by atoms with Crippen molar-refractivity contribution >= 4 is 12.0 Å². The zero-order chi connectivity index (χ0) is 16.4. The normalized spacial score (nSPS) is 9.77. The highest BCUT2D eigenvalue weighted by Gasteiger charge is 2.06. The van der Waals surface area contributed by atoms with Crippen LogP contribution in [0.5, 0.6) is 11.5 Å². The molecule has 0 saturated heterocycles. The molecule has 0 heterocycles. The van der Waals surface area contributed by atoms with E-state index in [1.807, 2.05) is 18.2 Å². The molecule has 7 heteroatoms. The van der Waals surface area contributed by atoms with E-state index in [0.29, 0.717) is 24.5 Å². The summed E-state index contributed by atoms with van der Waals surface area (Å²) in [4.78, 5) is 22.4. The van der Waals surface area contributed by atoms with Crippen molar-refractivity contribution in [3.8, 4) is 11.5 Å². The molecule has 0 saturated carbocycles. The Bertz CT molecular complexity index is 505. The van der Waals surface area contributed by atoms with E-state index in [1.54, 1.807) is 14.2 Å². The van der Waals surface area contributed by atoms with E-state index < -0.39 is 0 Å². The Morgan fingerprint density at radius 2 is 1.68 bits per heavy atom. The molecule has 0 unspecified atom stereocenters. The fourth-order valence-electron chi connectivity index (χ4n) is 1.80. The number of hydrogen-bond acceptors (Lipinski definition) is 5. The molecule has 1 aromatic rings. The maximum absolute atomic E-state index is 11.5. The van der Waals surface area contributed by atoms with Crippen LogP contribution in [0, 0.1) is 0 Å². The molecule has 0 aliphatic heterocycles. The molecule has 1 rings (SSSR count). The lowest BCUT2D eigenvalue weighted by atomic mass is 10.1. The summed E-state index contributed by atoms with van der Waals surface area (Å²) in [5, 5.41) is 5.29. The number of carbonyl (C=O) groups is 2. The van der Waals surface area contributed by atoms with E-state index in [4.69, 9.17) is 9.47 Å². The topological polar surface area (TPSA) is 85.9 Å². The quantitative estimate of drug-likeness (QED) is 0.703. The second kappa shape index (κ2) is 9.49. The summed E-state index contributed by atoms with van der Waals surface area (Å²) >= 11 is 0. The lowest BCUT2D eigenvalue weighted by Crippen LogP contribution is -2.37. The highest BCUT2D eigenvalue weighted by molar-refractivity contribution is 5.75. The molecule has 122 valence electrons. The molecule has 0 fully saturated rings. The number of ether oxygens (including phenoxy) is 3. The molecule has 0 aliphatic carbocycles. The van der Waals surface area contributed by atoms with E-state index >= 15 is 0 Å². The maximum atomic E-state index is 11.5. The second-order valence-electron chi connectivity index (χ2n) is 4.45. The summed E-state index contributed by atoms with van der Waals surface area (Å²) in [5.74, 6) is 0.966. The maximum Gasteiger partial charge on any atom is 0.314 e. The third-order valence-corrected chi connectivity index (χ3v) is 2.99. The van der Waals surface area contributed by atoms with Crippen molar-refractivity contribution in [1.82, 2.24) is 10.6 Å². The predicted octanol–water partition coefficient (Wildman–Crippen LogP) is 1.11. The van der Waals surface area contributed by atoms with Crippen LogP contribution in [0.2, 0.25) is 0 Å². The summed E-state index contributed by atoms with van der Waals surface area (Å²) in [6, 6.07) is 5.29. The first kappa shape index (κ1) is 17.6. The molecular weight excluding hydrogens is 288 g/mol. The standard InChI is InChI=1S/C15H22N2O5/c1-20-12-5-4-11(10-13(12)21-2)6-8-16-15(19)17-9-7-14(18)22-3/h4-5,10H,6-9H2,1-3H3,(H2,16,17,19). The Kier molecular flexibility index (Phi) is 7.60. The fourth-order valence-corrected chi connectivity index (χ4v) is 1.80. The molecule has 0 radical (unpaired) electrons. The van der Waals surface area contributed by atoms with Gasteiger partial charge in [-0.15, -0.1) is 0 Å². The van der Waals surface area contributed by atoms with Gasteiger partial charge in [0.2, 0.25) is 0 Å². The highest BCUT2D eigenvalue weighted by atomic mass is 16.5. The van der Waals surface area contributed by atoms with Gasteiger partial charge >= 0.3 is 12.0 Å². The number of rotatable bonds is 8.